The van der Waals surface area contributed by atoms with Crippen LogP contribution >= 0.6 is 11.6 Å². The Balaban J connectivity index is 1.57. The van der Waals surface area contributed by atoms with Gasteiger partial charge in [0.25, 0.3) is 0 Å². The van der Waals surface area contributed by atoms with Crippen molar-refractivity contribution < 1.29 is 9.32 Å². The molecule has 1 N–H and O–H groups in total. The molecule has 3 rings (SSSR count). The number of halogens is 1. The Morgan fingerprint density at radius 2 is 2.00 bits per heavy atom. The number of benzene rings is 2. The standard InChI is InChI=1S/C18H16ClN3O2/c1-12-3-2-4-13(11-12)18-21-17(24-22-18)10-9-16(23)20-15-7-5-14(19)6-8-15/h2-8,11H,9-10H2,1H3,(H,20,23). The lowest BCUT2D eigenvalue weighted by Crippen LogP contribution is -2.12. The van der Waals surface area contributed by atoms with Gasteiger partial charge < -0.3 is 9.84 Å². The number of carbonyl (C=O) groups is 1. The fraction of sp³-hybridized carbons (Fsp3) is 0.167. The fourth-order valence-corrected chi connectivity index (χ4v) is 2.36. The summed E-state index contributed by atoms with van der Waals surface area (Å²) in [6.45, 7) is 2.01. The van der Waals surface area contributed by atoms with Crippen LogP contribution in [0.2, 0.25) is 5.02 Å². The third-order valence-electron chi connectivity index (χ3n) is 3.44. The van der Waals surface area contributed by atoms with E-state index in [0.29, 0.717) is 28.8 Å². The summed E-state index contributed by atoms with van der Waals surface area (Å²) in [4.78, 5) is 16.3. The molecule has 3 aromatic rings. The van der Waals surface area contributed by atoms with Crippen molar-refractivity contribution in [3.05, 3.63) is 65.0 Å². The average molecular weight is 342 g/mol. The summed E-state index contributed by atoms with van der Waals surface area (Å²) in [5.74, 6) is 0.859. The number of rotatable bonds is 5. The van der Waals surface area contributed by atoms with Crippen molar-refractivity contribution in [2.24, 2.45) is 0 Å². The fourth-order valence-electron chi connectivity index (χ4n) is 2.23. The summed E-state index contributed by atoms with van der Waals surface area (Å²) in [6, 6.07) is 14.8. The highest BCUT2D eigenvalue weighted by Gasteiger charge is 2.11. The molecule has 6 heteroatoms. The molecule has 0 aliphatic rings. The zero-order valence-corrected chi connectivity index (χ0v) is 13.9. The van der Waals surface area contributed by atoms with Crippen LogP contribution in [0.15, 0.2) is 53.1 Å². The molecule has 0 radical (unpaired) electrons. The minimum atomic E-state index is -0.118. The van der Waals surface area contributed by atoms with Crippen LogP contribution in [0, 0.1) is 6.92 Å². The molecule has 2 aromatic carbocycles. The van der Waals surface area contributed by atoms with Gasteiger partial charge in [-0.05, 0) is 37.3 Å². The molecule has 0 saturated carbocycles. The van der Waals surface area contributed by atoms with Crippen molar-refractivity contribution >= 4 is 23.2 Å². The number of anilines is 1. The second-order valence-corrected chi connectivity index (χ2v) is 5.87. The third-order valence-corrected chi connectivity index (χ3v) is 3.69. The van der Waals surface area contributed by atoms with Gasteiger partial charge in [-0.1, -0.05) is 40.5 Å². The first-order valence-electron chi connectivity index (χ1n) is 7.55. The monoisotopic (exact) mass is 341 g/mol. The average Bonchev–Trinajstić information content (AvgIpc) is 3.04. The van der Waals surface area contributed by atoms with Gasteiger partial charge in [-0.25, -0.2) is 0 Å². The summed E-state index contributed by atoms with van der Waals surface area (Å²) in [7, 11) is 0. The zero-order chi connectivity index (χ0) is 16.9. The van der Waals surface area contributed by atoms with Gasteiger partial charge in [0.2, 0.25) is 17.6 Å². The summed E-state index contributed by atoms with van der Waals surface area (Å²) in [5, 5.41) is 7.39. The van der Waals surface area contributed by atoms with Gasteiger partial charge in [-0.2, -0.15) is 4.98 Å². The second kappa shape index (κ2) is 7.27. The number of hydrogen-bond donors (Lipinski definition) is 1. The molecular weight excluding hydrogens is 326 g/mol. The number of aryl methyl sites for hydroxylation is 2. The molecule has 0 fully saturated rings. The second-order valence-electron chi connectivity index (χ2n) is 5.44. The Morgan fingerprint density at radius 1 is 1.21 bits per heavy atom. The smallest absolute Gasteiger partial charge is 0.227 e. The summed E-state index contributed by atoms with van der Waals surface area (Å²) < 4.78 is 5.22. The van der Waals surface area contributed by atoms with Gasteiger partial charge in [0.15, 0.2) is 0 Å². The van der Waals surface area contributed by atoms with E-state index in [9.17, 15) is 4.79 Å². The molecule has 1 amide bonds. The van der Waals surface area contributed by atoms with Crippen LogP contribution in [0.5, 0.6) is 0 Å². The Kier molecular flexibility index (Phi) is 4.91. The van der Waals surface area contributed by atoms with E-state index in [0.717, 1.165) is 11.1 Å². The topological polar surface area (TPSA) is 68.0 Å². The number of aromatic nitrogens is 2. The molecule has 24 heavy (non-hydrogen) atoms. The highest BCUT2D eigenvalue weighted by Crippen LogP contribution is 2.18. The predicted octanol–water partition coefficient (Wildman–Crippen LogP) is 4.27. The number of hydrogen-bond acceptors (Lipinski definition) is 4. The van der Waals surface area contributed by atoms with Gasteiger partial charge in [-0.3, -0.25) is 4.79 Å². The van der Waals surface area contributed by atoms with Crippen LogP contribution in [0.1, 0.15) is 17.9 Å². The van der Waals surface area contributed by atoms with Crippen LogP contribution in [0.4, 0.5) is 5.69 Å². The number of nitrogens with zero attached hydrogens (tertiary/aromatic N) is 2. The van der Waals surface area contributed by atoms with Gasteiger partial charge in [-0.15, -0.1) is 0 Å². The van der Waals surface area contributed by atoms with Crippen molar-refractivity contribution in [1.29, 1.82) is 0 Å². The normalized spacial score (nSPS) is 10.6. The molecular formula is C18H16ClN3O2. The lowest BCUT2D eigenvalue weighted by Gasteiger charge is -2.03. The molecule has 0 aliphatic heterocycles. The highest BCUT2D eigenvalue weighted by atomic mass is 35.5. The maximum atomic E-state index is 12.0. The molecule has 0 unspecified atom stereocenters. The lowest BCUT2D eigenvalue weighted by atomic mass is 10.1. The van der Waals surface area contributed by atoms with E-state index in [1.165, 1.54) is 0 Å². The van der Waals surface area contributed by atoms with E-state index in [1.807, 2.05) is 31.2 Å². The van der Waals surface area contributed by atoms with Crippen molar-refractivity contribution in [3.8, 4) is 11.4 Å². The Labute approximate surface area is 144 Å². The molecule has 0 aliphatic carbocycles. The Bertz CT molecular complexity index is 843. The van der Waals surface area contributed by atoms with E-state index >= 15 is 0 Å². The van der Waals surface area contributed by atoms with E-state index in [4.69, 9.17) is 16.1 Å². The van der Waals surface area contributed by atoms with Crippen LogP contribution in [-0.4, -0.2) is 16.0 Å². The summed E-state index contributed by atoms with van der Waals surface area (Å²) in [5.41, 5.74) is 2.73. The number of carbonyl (C=O) groups excluding carboxylic acids is 1. The largest absolute Gasteiger partial charge is 0.339 e. The Hall–Kier alpha value is -2.66. The van der Waals surface area contributed by atoms with Crippen molar-refractivity contribution in [3.63, 3.8) is 0 Å². The lowest BCUT2D eigenvalue weighted by molar-refractivity contribution is -0.116. The summed E-state index contributed by atoms with van der Waals surface area (Å²) >= 11 is 5.81. The maximum Gasteiger partial charge on any atom is 0.227 e. The van der Waals surface area contributed by atoms with Crippen molar-refractivity contribution in [1.82, 2.24) is 10.1 Å². The van der Waals surface area contributed by atoms with Crippen LogP contribution in [0.3, 0.4) is 0 Å². The van der Waals surface area contributed by atoms with Gasteiger partial charge in [0.1, 0.15) is 0 Å². The van der Waals surface area contributed by atoms with Gasteiger partial charge >= 0.3 is 0 Å². The van der Waals surface area contributed by atoms with E-state index < -0.39 is 0 Å². The first-order valence-corrected chi connectivity index (χ1v) is 7.93. The SMILES string of the molecule is Cc1cccc(-c2noc(CCC(=O)Nc3ccc(Cl)cc3)n2)c1. The predicted molar refractivity (Wildman–Crippen MR) is 92.9 cm³/mol. The molecule has 1 aromatic heterocycles. The molecule has 0 spiro atoms. The number of amides is 1. The molecule has 0 atom stereocenters. The maximum absolute atomic E-state index is 12.0. The molecule has 1 heterocycles. The molecule has 122 valence electrons. The Morgan fingerprint density at radius 3 is 2.75 bits per heavy atom. The first-order chi connectivity index (χ1) is 11.6. The van der Waals surface area contributed by atoms with E-state index in [-0.39, 0.29) is 12.3 Å². The minimum absolute atomic E-state index is 0.118. The first kappa shape index (κ1) is 16.2. The van der Waals surface area contributed by atoms with Crippen LogP contribution in [0.25, 0.3) is 11.4 Å². The van der Waals surface area contributed by atoms with Gasteiger partial charge in [0, 0.05) is 29.1 Å². The van der Waals surface area contributed by atoms with Crippen LogP contribution in [-0.2, 0) is 11.2 Å². The minimum Gasteiger partial charge on any atom is -0.339 e. The van der Waals surface area contributed by atoms with Crippen molar-refractivity contribution in [2.45, 2.75) is 19.8 Å². The quantitative estimate of drug-likeness (QED) is 0.752. The number of nitrogens with one attached hydrogen (secondary N) is 1. The molecule has 0 bridgehead atoms. The zero-order valence-electron chi connectivity index (χ0n) is 13.1. The highest BCUT2D eigenvalue weighted by molar-refractivity contribution is 6.30. The molecule has 5 nitrogen and oxygen atoms in total. The van der Waals surface area contributed by atoms with E-state index in [1.54, 1.807) is 24.3 Å². The van der Waals surface area contributed by atoms with Crippen LogP contribution < -0.4 is 5.32 Å². The van der Waals surface area contributed by atoms with Crippen molar-refractivity contribution in [2.75, 3.05) is 5.32 Å². The third kappa shape index (κ3) is 4.20. The summed E-state index contributed by atoms with van der Waals surface area (Å²) in [6.07, 6.45) is 0.649. The van der Waals surface area contributed by atoms with Gasteiger partial charge in [0.05, 0.1) is 0 Å². The molecule has 0 saturated heterocycles. The van der Waals surface area contributed by atoms with E-state index in [2.05, 4.69) is 15.5 Å².